The van der Waals surface area contributed by atoms with Crippen molar-refractivity contribution in [3.63, 3.8) is 0 Å². The van der Waals surface area contributed by atoms with E-state index in [0.717, 1.165) is 5.75 Å². The van der Waals surface area contributed by atoms with Gasteiger partial charge in [0.15, 0.2) is 0 Å². The second kappa shape index (κ2) is 5.98. The normalized spacial score (nSPS) is 22.8. The third-order valence-electron chi connectivity index (χ3n) is 4.53. The molecule has 3 heteroatoms. The van der Waals surface area contributed by atoms with Gasteiger partial charge in [0.05, 0.1) is 7.11 Å². The highest BCUT2D eigenvalue weighted by Crippen LogP contribution is 2.40. The van der Waals surface area contributed by atoms with Crippen molar-refractivity contribution < 1.29 is 9.57 Å². The molecule has 1 aromatic rings. The van der Waals surface area contributed by atoms with Crippen LogP contribution in [0.3, 0.4) is 0 Å². The number of rotatable bonds is 4. The summed E-state index contributed by atoms with van der Waals surface area (Å²) in [4.78, 5) is 6.37. The van der Waals surface area contributed by atoms with Crippen molar-refractivity contribution in [2.24, 2.45) is 0 Å². The minimum atomic E-state index is 0.0348. The number of ether oxygens (including phenoxy) is 1. The molecule has 1 aliphatic rings. The topological polar surface area (TPSA) is 21.7 Å². The lowest BCUT2D eigenvalue weighted by molar-refractivity contribution is -0.304. The van der Waals surface area contributed by atoms with Crippen molar-refractivity contribution in [3.05, 3.63) is 29.8 Å². The maximum absolute atomic E-state index is 6.37. The van der Waals surface area contributed by atoms with E-state index in [-0.39, 0.29) is 17.2 Å². The van der Waals surface area contributed by atoms with Crippen LogP contribution in [0.25, 0.3) is 0 Å². The van der Waals surface area contributed by atoms with Gasteiger partial charge in [-0.25, -0.2) is 0 Å². The van der Waals surface area contributed by atoms with Crippen LogP contribution in [0.15, 0.2) is 24.3 Å². The van der Waals surface area contributed by atoms with Crippen LogP contribution in [0, 0.1) is 0 Å². The largest absolute Gasteiger partial charge is 0.497 e. The Morgan fingerprint density at radius 1 is 1.00 bits per heavy atom. The molecule has 0 bridgehead atoms. The second-order valence-electron chi connectivity index (χ2n) is 7.29. The molecule has 0 N–H and O–H groups in total. The minimum Gasteiger partial charge on any atom is -0.497 e. The molecule has 2 rings (SSSR count). The summed E-state index contributed by atoms with van der Waals surface area (Å²) < 4.78 is 5.21. The zero-order chi connectivity index (χ0) is 15.7. The first kappa shape index (κ1) is 16.3. The Bertz CT molecular complexity index is 449. The molecule has 0 saturated carbocycles. The molecule has 21 heavy (non-hydrogen) atoms. The van der Waals surface area contributed by atoms with Gasteiger partial charge in [-0.2, -0.15) is 5.06 Å². The van der Waals surface area contributed by atoms with Crippen LogP contribution in [0.4, 0.5) is 0 Å². The number of benzene rings is 1. The quantitative estimate of drug-likeness (QED) is 0.800. The van der Waals surface area contributed by atoms with Gasteiger partial charge in [-0.05, 0) is 71.6 Å². The molecule has 1 heterocycles. The average molecular weight is 291 g/mol. The van der Waals surface area contributed by atoms with E-state index in [1.165, 1.54) is 24.8 Å². The van der Waals surface area contributed by atoms with Gasteiger partial charge in [0.2, 0.25) is 0 Å². The van der Waals surface area contributed by atoms with Crippen molar-refractivity contribution in [2.45, 2.75) is 71.1 Å². The fourth-order valence-electron chi connectivity index (χ4n) is 3.36. The van der Waals surface area contributed by atoms with Gasteiger partial charge in [0, 0.05) is 11.1 Å². The molecule has 0 aliphatic carbocycles. The summed E-state index contributed by atoms with van der Waals surface area (Å²) in [6.07, 6.45) is 3.64. The number of hydrogen-bond acceptors (Lipinski definition) is 3. The van der Waals surface area contributed by atoms with Crippen molar-refractivity contribution in [1.82, 2.24) is 5.06 Å². The molecule has 1 atom stereocenters. The standard InChI is InChI=1S/C18H29NO2/c1-14(15-8-10-16(20-6)11-9-15)21-19-17(2,3)12-7-13-18(19,4)5/h8-11,14H,7,12-13H2,1-6H3. The van der Waals surface area contributed by atoms with Crippen LogP contribution in [-0.4, -0.2) is 23.3 Å². The van der Waals surface area contributed by atoms with Crippen LogP contribution >= 0.6 is 0 Å². The SMILES string of the molecule is COc1ccc(C(C)ON2C(C)(C)CCCC2(C)C)cc1. The number of hydroxylamine groups is 2. The summed E-state index contributed by atoms with van der Waals surface area (Å²) in [6, 6.07) is 8.13. The van der Waals surface area contributed by atoms with E-state index < -0.39 is 0 Å². The fraction of sp³-hybridized carbons (Fsp3) is 0.667. The highest BCUT2D eigenvalue weighted by atomic mass is 16.7. The Labute approximate surface area is 129 Å². The summed E-state index contributed by atoms with van der Waals surface area (Å²) in [6.45, 7) is 11.2. The maximum Gasteiger partial charge on any atom is 0.118 e. The monoisotopic (exact) mass is 291 g/mol. The first-order valence-corrected chi connectivity index (χ1v) is 7.87. The molecule has 1 aromatic carbocycles. The van der Waals surface area contributed by atoms with Gasteiger partial charge in [0.1, 0.15) is 11.9 Å². The van der Waals surface area contributed by atoms with Crippen LogP contribution in [0.2, 0.25) is 0 Å². The Balaban J connectivity index is 2.14. The van der Waals surface area contributed by atoms with Crippen LogP contribution < -0.4 is 4.74 Å². The third-order valence-corrected chi connectivity index (χ3v) is 4.53. The summed E-state index contributed by atoms with van der Waals surface area (Å²) in [5, 5.41) is 2.22. The number of hydrogen-bond donors (Lipinski definition) is 0. The molecule has 1 fully saturated rings. The van der Waals surface area contributed by atoms with Crippen LogP contribution in [0.5, 0.6) is 5.75 Å². The van der Waals surface area contributed by atoms with Crippen molar-refractivity contribution in [2.75, 3.05) is 7.11 Å². The van der Waals surface area contributed by atoms with E-state index in [1.807, 2.05) is 12.1 Å². The van der Waals surface area contributed by atoms with Crippen LogP contribution in [-0.2, 0) is 4.84 Å². The number of methoxy groups -OCH3 is 1. The lowest BCUT2D eigenvalue weighted by atomic mass is 9.82. The second-order valence-corrected chi connectivity index (χ2v) is 7.29. The van der Waals surface area contributed by atoms with E-state index in [9.17, 15) is 0 Å². The Morgan fingerprint density at radius 2 is 1.52 bits per heavy atom. The van der Waals surface area contributed by atoms with Gasteiger partial charge < -0.3 is 4.74 Å². The maximum atomic E-state index is 6.37. The van der Waals surface area contributed by atoms with Crippen molar-refractivity contribution in [3.8, 4) is 5.75 Å². The fourth-order valence-corrected chi connectivity index (χ4v) is 3.36. The lowest BCUT2D eigenvalue weighted by Gasteiger charge is -2.52. The van der Waals surface area contributed by atoms with E-state index in [1.54, 1.807) is 7.11 Å². The molecule has 0 aromatic heterocycles. The first-order valence-electron chi connectivity index (χ1n) is 7.87. The smallest absolute Gasteiger partial charge is 0.118 e. The minimum absolute atomic E-state index is 0.0348. The summed E-state index contributed by atoms with van der Waals surface area (Å²) in [5.74, 6) is 0.879. The summed E-state index contributed by atoms with van der Waals surface area (Å²) in [5.41, 5.74) is 1.32. The Morgan fingerprint density at radius 3 is 2.00 bits per heavy atom. The lowest BCUT2D eigenvalue weighted by Crippen LogP contribution is -2.58. The van der Waals surface area contributed by atoms with Crippen LogP contribution in [0.1, 0.15) is 65.5 Å². The molecule has 1 aliphatic heterocycles. The molecule has 0 spiro atoms. The zero-order valence-electron chi connectivity index (χ0n) is 14.3. The van der Waals surface area contributed by atoms with Crippen molar-refractivity contribution >= 4 is 0 Å². The van der Waals surface area contributed by atoms with Gasteiger partial charge in [-0.15, -0.1) is 0 Å². The number of nitrogens with zero attached hydrogens (tertiary/aromatic N) is 1. The highest BCUT2D eigenvalue weighted by Gasteiger charge is 2.43. The van der Waals surface area contributed by atoms with E-state index in [0.29, 0.717) is 0 Å². The predicted octanol–water partition coefficient (Wildman–Crippen LogP) is 4.73. The predicted molar refractivity (Wildman–Crippen MR) is 86.3 cm³/mol. The van der Waals surface area contributed by atoms with E-state index in [4.69, 9.17) is 9.57 Å². The summed E-state index contributed by atoms with van der Waals surface area (Å²) in [7, 11) is 1.69. The molecule has 118 valence electrons. The first-order chi connectivity index (χ1) is 9.76. The molecular weight excluding hydrogens is 262 g/mol. The Kier molecular flexibility index (Phi) is 4.64. The highest BCUT2D eigenvalue weighted by molar-refractivity contribution is 5.28. The average Bonchev–Trinajstić information content (AvgIpc) is 2.42. The molecule has 0 amide bonds. The van der Waals surface area contributed by atoms with Crippen molar-refractivity contribution in [1.29, 1.82) is 0 Å². The molecular formula is C18H29NO2. The van der Waals surface area contributed by atoms with Gasteiger partial charge in [-0.1, -0.05) is 12.1 Å². The molecule has 1 saturated heterocycles. The Hall–Kier alpha value is -1.06. The third kappa shape index (κ3) is 3.58. The van der Waals surface area contributed by atoms with Gasteiger partial charge in [0.25, 0.3) is 0 Å². The molecule has 1 unspecified atom stereocenters. The summed E-state index contributed by atoms with van der Waals surface area (Å²) >= 11 is 0. The van der Waals surface area contributed by atoms with E-state index >= 15 is 0 Å². The van der Waals surface area contributed by atoms with Gasteiger partial charge in [-0.3, -0.25) is 4.84 Å². The van der Waals surface area contributed by atoms with Gasteiger partial charge >= 0.3 is 0 Å². The zero-order valence-corrected chi connectivity index (χ0v) is 14.3. The van der Waals surface area contributed by atoms with E-state index in [2.05, 4.69) is 51.8 Å². The molecule has 0 radical (unpaired) electrons. The molecule has 3 nitrogen and oxygen atoms in total. The number of piperidine rings is 1.